The lowest BCUT2D eigenvalue weighted by atomic mass is 10.0. The molecule has 1 aromatic carbocycles. The smallest absolute Gasteiger partial charge is 0.351 e. The van der Waals surface area contributed by atoms with Gasteiger partial charge in [-0.2, -0.15) is 13.2 Å². The largest absolute Gasteiger partial charge is 0.417 e. The van der Waals surface area contributed by atoms with Crippen LogP contribution in [0.1, 0.15) is 51.7 Å². The third-order valence-electron chi connectivity index (χ3n) is 5.86. The summed E-state index contributed by atoms with van der Waals surface area (Å²) in [5.74, 6) is -0.238. The Hall–Kier alpha value is -3.17. The number of rotatable bonds is 5. The Balaban J connectivity index is 1.47. The van der Waals surface area contributed by atoms with Crippen molar-refractivity contribution >= 4 is 17.6 Å². The zero-order valence-electron chi connectivity index (χ0n) is 17.7. The van der Waals surface area contributed by atoms with E-state index < -0.39 is 17.6 Å². The fourth-order valence-corrected chi connectivity index (χ4v) is 4.23. The number of hydrogen-bond acceptors (Lipinski definition) is 5. The van der Waals surface area contributed by atoms with Crippen molar-refractivity contribution in [3.8, 4) is 0 Å². The minimum Gasteiger partial charge on any atom is -0.351 e. The van der Waals surface area contributed by atoms with Gasteiger partial charge in [0.2, 0.25) is 0 Å². The Bertz CT molecular complexity index is 1030. The van der Waals surface area contributed by atoms with E-state index in [1.807, 2.05) is 11.8 Å². The maximum absolute atomic E-state index is 13.3. The molecule has 2 amide bonds. The first-order valence-electron chi connectivity index (χ1n) is 10.7. The number of nitrogens with zero attached hydrogens (tertiary/aromatic N) is 4. The summed E-state index contributed by atoms with van der Waals surface area (Å²) in [6.45, 7) is 3.60. The van der Waals surface area contributed by atoms with Gasteiger partial charge in [0.15, 0.2) is 11.5 Å². The van der Waals surface area contributed by atoms with Crippen molar-refractivity contribution in [1.29, 1.82) is 0 Å². The van der Waals surface area contributed by atoms with E-state index in [9.17, 15) is 22.8 Å². The molecule has 0 aliphatic carbocycles. The maximum atomic E-state index is 13.3. The zero-order chi connectivity index (χ0) is 22.9. The number of aromatic nitrogens is 2. The van der Waals surface area contributed by atoms with Crippen LogP contribution in [0.5, 0.6) is 0 Å². The Morgan fingerprint density at radius 1 is 1.19 bits per heavy atom. The first-order valence-corrected chi connectivity index (χ1v) is 10.7. The van der Waals surface area contributed by atoms with Gasteiger partial charge in [-0.05, 0) is 31.0 Å². The Kier molecular flexibility index (Phi) is 6.03. The van der Waals surface area contributed by atoms with Gasteiger partial charge in [0, 0.05) is 31.7 Å². The third kappa shape index (κ3) is 4.26. The van der Waals surface area contributed by atoms with E-state index >= 15 is 0 Å². The van der Waals surface area contributed by atoms with Crippen LogP contribution in [0.15, 0.2) is 30.3 Å². The predicted octanol–water partition coefficient (Wildman–Crippen LogP) is 2.91. The second-order valence-corrected chi connectivity index (χ2v) is 8.03. The Morgan fingerprint density at radius 2 is 1.97 bits per heavy atom. The second-order valence-electron chi connectivity index (χ2n) is 8.03. The molecule has 0 saturated carbocycles. The van der Waals surface area contributed by atoms with E-state index in [0.717, 1.165) is 24.5 Å². The summed E-state index contributed by atoms with van der Waals surface area (Å²) in [6.07, 6.45) is -2.21. The predicted molar refractivity (Wildman–Crippen MR) is 111 cm³/mol. The number of anilines is 1. The minimum absolute atomic E-state index is 0.117. The van der Waals surface area contributed by atoms with E-state index in [2.05, 4.69) is 15.5 Å². The Labute approximate surface area is 183 Å². The number of unbranched alkanes of at least 4 members (excludes halogenated alkanes) is 1. The number of alkyl halides is 3. The summed E-state index contributed by atoms with van der Waals surface area (Å²) in [5.41, 5.74) is -0.163. The van der Waals surface area contributed by atoms with Gasteiger partial charge >= 0.3 is 6.18 Å². The van der Waals surface area contributed by atoms with Gasteiger partial charge in [-0.25, -0.2) is 0 Å². The van der Waals surface area contributed by atoms with Crippen molar-refractivity contribution in [3.05, 3.63) is 52.7 Å². The number of piperazine rings is 1. The SMILES string of the molecule is CCCCNC(=O)c1cc2c(nn1)N1CCN(C(=O)c3ccccc3C(F)(F)F)CC1C2. The maximum Gasteiger partial charge on any atom is 0.417 e. The lowest BCUT2D eigenvalue weighted by Gasteiger charge is -2.38. The van der Waals surface area contributed by atoms with Crippen molar-refractivity contribution in [2.24, 2.45) is 0 Å². The monoisotopic (exact) mass is 447 g/mol. The van der Waals surface area contributed by atoms with Crippen LogP contribution < -0.4 is 10.2 Å². The molecule has 32 heavy (non-hydrogen) atoms. The molecule has 7 nitrogen and oxygen atoms in total. The quantitative estimate of drug-likeness (QED) is 0.714. The molecule has 170 valence electrons. The minimum atomic E-state index is -4.60. The number of hydrogen-bond donors (Lipinski definition) is 1. The molecule has 1 N–H and O–H groups in total. The molecular weight excluding hydrogens is 423 g/mol. The molecule has 0 radical (unpaired) electrons. The van der Waals surface area contributed by atoms with Gasteiger partial charge in [0.1, 0.15) is 0 Å². The molecule has 2 aliphatic heterocycles. The van der Waals surface area contributed by atoms with Crippen LogP contribution in [0.25, 0.3) is 0 Å². The highest BCUT2D eigenvalue weighted by Gasteiger charge is 2.40. The highest BCUT2D eigenvalue weighted by atomic mass is 19.4. The summed E-state index contributed by atoms with van der Waals surface area (Å²) < 4.78 is 40.0. The van der Waals surface area contributed by atoms with Crippen molar-refractivity contribution < 1.29 is 22.8 Å². The number of amides is 2. The molecule has 1 fully saturated rings. The van der Waals surface area contributed by atoms with Gasteiger partial charge in [-0.15, -0.1) is 10.2 Å². The van der Waals surface area contributed by atoms with Gasteiger partial charge in [0.05, 0.1) is 17.2 Å². The van der Waals surface area contributed by atoms with Crippen LogP contribution in [-0.2, 0) is 12.6 Å². The molecule has 2 aliphatic rings. The van der Waals surface area contributed by atoms with Crippen molar-refractivity contribution in [2.75, 3.05) is 31.1 Å². The van der Waals surface area contributed by atoms with Crippen LogP contribution in [-0.4, -0.2) is 59.1 Å². The number of carbonyl (C=O) groups is 2. The van der Waals surface area contributed by atoms with Gasteiger partial charge < -0.3 is 15.1 Å². The molecule has 10 heteroatoms. The topological polar surface area (TPSA) is 78.4 Å². The second kappa shape index (κ2) is 8.76. The average Bonchev–Trinajstić information content (AvgIpc) is 3.15. The average molecular weight is 447 g/mol. The Morgan fingerprint density at radius 3 is 2.72 bits per heavy atom. The molecule has 2 aromatic rings. The van der Waals surface area contributed by atoms with Crippen LogP contribution >= 0.6 is 0 Å². The summed E-state index contributed by atoms with van der Waals surface area (Å²) in [4.78, 5) is 28.7. The lowest BCUT2D eigenvalue weighted by Crippen LogP contribution is -2.54. The van der Waals surface area contributed by atoms with Crippen LogP contribution in [0.3, 0.4) is 0 Å². The third-order valence-corrected chi connectivity index (χ3v) is 5.86. The summed E-state index contributed by atoms with van der Waals surface area (Å²) >= 11 is 0. The summed E-state index contributed by atoms with van der Waals surface area (Å²) in [5, 5.41) is 11.1. The van der Waals surface area contributed by atoms with E-state index in [-0.39, 0.29) is 36.3 Å². The summed E-state index contributed by atoms with van der Waals surface area (Å²) in [6, 6.07) is 6.46. The fraction of sp³-hybridized carbons (Fsp3) is 0.455. The molecule has 1 aromatic heterocycles. The molecule has 1 unspecified atom stereocenters. The highest BCUT2D eigenvalue weighted by molar-refractivity contribution is 5.96. The van der Waals surface area contributed by atoms with Crippen LogP contribution in [0, 0.1) is 0 Å². The molecule has 3 heterocycles. The number of carbonyl (C=O) groups excluding carboxylic acids is 2. The van der Waals surface area contributed by atoms with Crippen LogP contribution in [0.4, 0.5) is 19.0 Å². The van der Waals surface area contributed by atoms with E-state index in [4.69, 9.17) is 0 Å². The zero-order valence-corrected chi connectivity index (χ0v) is 17.7. The highest BCUT2D eigenvalue weighted by Crippen LogP contribution is 2.35. The first kappa shape index (κ1) is 22.0. The number of nitrogens with one attached hydrogen (secondary N) is 1. The van der Waals surface area contributed by atoms with Crippen molar-refractivity contribution in [2.45, 2.75) is 38.4 Å². The normalized spacial score (nSPS) is 17.7. The molecule has 1 saturated heterocycles. The van der Waals surface area contributed by atoms with E-state index in [1.54, 1.807) is 6.07 Å². The van der Waals surface area contributed by atoms with Crippen molar-refractivity contribution in [3.63, 3.8) is 0 Å². The molecule has 0 bridgehead atoms. The van der Waals surface area contributed by atoms with Gasteiger partial charge in [-0.1, -0.05) is 25.5 Å². The summed E-state index contributed by atoms with van der Waals surface area (Å²) in [7, 11) is 0. The fourth-order valence-electron chi connectivity index (χ4n) is 4.23. The standard InChI is InChI=1S/C22H24F3N5O2/c1-2-3-8-26-20(31)18-12-14-11-15-13-29(9-10-30(15)19(14)28-27-18)21(32)16-6-4-5-7-17(16)22(23,24)25/h4-7,12,15H,2-3,8-11,13H2,1H3,(H,26,31). The molecule has 1 atom stereocenters. The molecular formula is C22H24F3N5O2. The van der Waals surface area contributed by atoms with E-state index in [1.165, 1.54) is 23.1 Å². The van der Waals surface area contributed by atoms with Gasteiger partial charge in [0.25, 0.3) is 11.8 Å². The lowest BCUT2D eigenvalue weighted by molar-refractivity contribution is -0.138. The van der Waals surface area contributed by atoms with Crippen molar-refractivity contribution in [1.82, 2.24) is 20.4 Å². The molecule has 4 rings (SSSR count). The number of benzene rings is 1. The van der Waals surface area contributed by atoms with E-state index in [0.29, 0.717) is 25.3 Å². The number of halogens is 3. The molecule has 0 spiro atoms. The first-order chi connectivity index (χ1) is 15.3. The van der Waals surface area contributed by atoms with Gasteiger partial charge in [-0.3, -0.25) is 9.59 Å². The van der Waals surface area contributed by atoms with Crippen LogP contribution in [0.2, 0.25) is 0 Å². The number of fused-ring (bicyclic) bond motifs is 3.